The molecule has 0 aromatic heterocycles. The summed E-state index contributed by atoms with van der Waals surface area (Å²) in [5.74, 6) is -3.67. The van der Waals surface area contributed by atoms with Crippen molar-refractivity contribution in [3.8, 4) is 0 Å². The lowest BCUT2D eigenvalue weighted by Crippen LogP contribution is -2.40. The van der Waals surface area contributed by atoms with Gasteiger partial charge < -0.3 is 20.8 Å². The molecular formula is C13H16F2N2O4. The van der Waals surface area contributed by atoms with Crippen LogP contribution in [0.1, 0.15) is 12.8 Å². The first-order valence-electron chi connectivity index (χ1n) is 6.26. The van der Waals surface area contributed by atoms with E-state index in [0.29, 0.717) is 12.5 Å². The van der Waals surface area contributed by atoms with Crippen LogP contribution < -0.4 is 10.6 Å². The predicted molar refractivity (Wildman–Crippen MR) is 70.7 cm³/mol. The van der Waals surface area contributed by atoms with Gasteiger partial charge in [0.05, 0.1) is 12.1 Å². The standard InChI is InChI=1S/C13H16F2N2O4/c14-8-2-3-10(9(15)6-8)17-12(19)7-11(13(20)21)16-4-1-5-18/h2-3,6,11,16,18H,1,4-5,7H2,(H,17,19)(H,20,21). The number of rotatable bonds is 8. The monoisotopic (exact) mass is 302 g/mol. The van der Waals surface area contributed by atoms with Gasteiger partial charge in [0.15, 0.2) is 0 Å². The number of carbonyl (C=O) groups is 2. The number of carbonyl (C=O) groups excluding carboxylic acids is 1. The van der Waals surface area contributed by atoms with Crippen LogP contribution in [0.4, 0.5) is 14.5 Å². The largest absolute Gasteiger partial charge is 0.480 e. The van der Waals surface area contributed by atoms with Gasteiger partial charge in [-0.25, -0.2) is 8.78 Å². The zero-order chi connectivity index (χ0) is 15.8. The van der Waals surface area contributed by atoms with Crippen molar-refractivity contribution >= 4 is 17.6 Å². The van der Waals surface area contributed by atoms with Gasteiger partial charge >= 0.3 is 5.97 Å². The molecule has 4 N–H and O–H groups in total. The lowest BCUT2D eigenvalue weighted by molar-refractivity contribution is -0.141. The molecule has 0 fully saturated rings. The number of aliphatic carboxylic acids is 1. The zero-order valence-corrected chi connectivity index (χ0v) is 11.1. The maximum Gasteiger partial charge on any atom is 0.321 e. The van der Waals surface area contributed by atoms with Gasteiger partial charge in [0, 0.05) is 12.7 Å². The first kappa shape index (κ1) is 17.0. The number of aliphatic hydroxyl groups is 1. The molecule has 6 nitrogen and oxygen atoms in total. The minimum Gasteiger partial charge on any atom is -0.480 e. The number of hydrogen-bond donors (Lipinski definition) is 4. The Hall–Kier alpha value is -2.06. The van der Waals surface area contributed by atoms with Gasteiger partial charge in [-0.2, -0.15) is 0 Å². The molecule has 1 aromatic carbocycles. The van der Waals surface area contributed by atoms with E-state index in [9.17, 15) is 18.4 Å². The maximum atomic E-state index is 13.3. The topological polar surface area (TPSA) is 98.7 Å². The fourth-order valence-corrected chi connectivity index (χ4v) is 1.58. The fourth-order valence-electron chi connectivity index (χ4n) is 1.58. The van der Waals surface area contributed by atoms with E-state index < -0.39 is 36.0 Å². The molecule has 0 spiro atoms. The molecule has 8 heteroatoms. The van der Waals surface area contributed by atoms with E-state index in [4.69, 9.17) is 10.2 Å². The molecule has 0 aliphatic heterocycles. The zero-order valence-electron chi connectivity index (χ0n) is 11.1. The molecule has 1 aromatic rings. The summed E-state index contributed by atoms with van der Waals surface area (Å²) in [6.07, 6.45) is -0.0738. The number of carboxylic acid groups (broad SMARTS) is 1. The Morgan fingerprint density at radius 2 is 2.00 bits per heavy atom. The number of carboxylic acids is 1. The Bertz CT molecular complexity index is 511. The molecule has 21 heavy (non-hydrogen) atoms. The SMILES string of the molecule is O=C(CC(NCCCO)C(=O)O)Nc1ccc(F)cc1F. The molecular weight excluding hydrogens is 286 g/mol. The molecule has 0 bridgehead atoms. The maximum absolute atomic E-state index is 13.3. The van der Waals surface area contributed by atoms with Crippen LogP contribution in [0.3, 0.4) is 0 Å². The van der Waals surface area contributed by atoms with Crippen molar-refractivity contribution in [2.75, 3.05) is 18.5 Å². The minimum absolute atomic E-state index is 0.105. The van der Waals surface area contributed by atoms with E-state index in [1.54, 1.807) is 0 Å². The Morgan fingerprint density at radius 3 is 2.57 bits per heavy atom. The summed E-state index contributed by atoms with van der Waals surface area (Å²) in [6.45, 7) is 0.123. The third-order valence-electron chi connectivity index (χ3n) is 2.62. The molecule has 0 saturated carbocycles. The van der Waals surface area contributed by atoms with Crippen molar-refractivity contribution in [1.82, 2.24) is 5.32 Å². The third kappa shape index (κ3) is 5.84. The van der Waals surface area contributed by atoms with Crippen LogP contribution in [-0.2, 0) is 9.59 Å². The average Bonchev–Trinajstić information content (AvgIpc) is 2.41. The van der Waals surface area contributed by atoms with Crippen LogP contribution in [-0.4, -0.2) is 41.3 Å². The molecule has 0 radical (unpaired) electrons. The Labute approximate surface area is 119 Å². The molecule has 0 aliphatic rings. The number of nitrogens with one attached hydrogen (secondary N) is 2. The van der Waals surface area contributed by atoms with Gasteiger partial charge in [-0.15, -0.1) is 0 Å². The number of hydrogen-bond acceptors (Lipinski definition) is 4. The summed E-state index contributed by atoms with van der Waals surface area (Å²) >= 11 is 0. The van der Waals surface area contributed by atoms with E-state index in [2.05, 4.69) is 10.6 Å². The van der Waals surface area contributed by atoms with Crippen molar-refractivity contribution < 1.29 is 28.6 Å². The molecule has 116 valence electrons. The summed E-state index contributed by atoms with van der Waals surface area (Å²) in [7, 11) is 0. The van der Waals surface area contributed by atoms with E-state index in [1.807, 2.05) is 0 Å². The van der Waals surface area contributed by atoms with Crippen LogP contribution >= 0.6 is 0 Å². The first-order valence-corrected chi connectivity index (χ1v) is 6.26. The van der Waals surface area contributed by atoms with Crippen molar-refractivity contribution in [2.45, 2.75) is 18.9 Å². The van der Waals surface area contributed by atoms with Gasteiger partial charge in [0.1, 0.15) is 17.7 Å². The van der Waals surface area contributed by atoms with E-state index in [1.165, 1.54) is 0 Å². The second-order valence-electron chi connectivity index (χ2n) is 4.30. The predicted octanol–water partition coefficient (Wildman–Crippen LogP) is 0.719. The summed E-state index contributed by atoms with van der Waals surface area (Å²) < 4.78 is 26.1. The highest BCUT2D eigenvalue weighted by Gasteiger charge is 2.21. The summed E-state index contributed by atoms with van der Waals surface area (Å²) in [4.78, 5) is 22.6. The Kier molecular flexibility index (Phi) is 6.70. The van der Waals surface area contributed by atoms with Gasteiger partial charge in [-0.05, 0) is 25.1 Å². The van der Waals surface area contributed by atoms with Gasteiger partial charge in [-0.1, -0.05) is 0 Å². The number of halogens is 2. The second kappa shape index (κ2) is 8.28. The molecule has 1 amide bonds. The number of aliphatic hydroxyl groups excluding tert-OH is 1. The van der Waals surface area contributed by atoms with Gasteiger partial charge in [0.2, 0.25) is 5.91 Å². The highest BCUT2D eigenvalue weighted by molar-refractivity contribution is 5.94. The minimum atomic E-state index is -1.23. The highest BCUT2D eigenvalue weighted by atomic mass is 19.1. The third-order valence-corrected chi connectivity index (χ3v) is 2.62. The average molecular weight is 302 g/mol. The van der Waals surface area contributed by atoms with Crippen LogP contribution in [0.2, 0.25) is 0 Å². The van der Waals surface area contributed by atoms with Gasteiger partial charge in [-0.3, -0.25) is 9.59 Å². The van der Waals surface area contributed by atoms with Crippen LogP contribution in [0, 0.1) is 11.6 Å². The van der Waals surface area contributed by atoms with E-state index >= 15 is 0 Å². The quantitative estimate of drug-likeness (QED) is 0.530. The van der Waals surface area contributed by atoms with Crippen molar-refractivity contribution in [3.05, 3.63) is 29.8 Å². The molecule has 1 unspecified atom stereocenters. The molecule has 1 rings (SSSR count). The van der Waals surface area contributed by atoms with Crippen LogP contribution in [0.5, 0.6) is 0 Å². The molecule has 0 aliphatic carbocycles. The first-order chi connectivity index (χ1) is 9.93. The van der Waals surface area contributed by atoms with Gasteiger partial charge in [0.25, 0.3) is 0 Å². The van der Waals surface area contributed by atoms with Crippen molar-refractivity contribution in [1.29, 1.82) is 0 Å². The summed E-state index contributed by atoms with van der Waals surface area (Å²) in [6, 6.07) is 1.49. The molecule has 0 saturated heterocycles. The lowest BCUT2D eigenvalue weighted by atomic mass is 10.2. The smallest absolute Gasteiger partial charge is 0.321 e. The normalized spacial score (nSPS) is 12.0. The Morgan fingerprint density at radius 1 is 1.29 bits per heavy atom. The Balaban J connectivity index is 2.59. The van der Waals surface area contributed by atoms with E-state index in [-0.39, 0.29) is 18.8 Å². The molecule has 1 atom stereocenters. The van der Waals surface area contributed by atoms with E-state index in [0.717, 1.165) is 12.1 Å². The van der Waals surface area contributed by atoms with Crippen LogP contribution in [0.15, 0.2) is 18.2 Å². The summed E-state index contributed by atoms with van der Waals surface area (Å²) in [5, 5.41) is 22.3. The second-order valence-corrected chi connectivity index (χ2v) is 4.30. The van der Waals surface area contributed by atoms with Crippen LogP contribution in [0.25, 0.3) is 0 Å². The number of anilines is 1. The lowest BCUT2D eigenvalue weighted by Gasteiger charge is -2.14. The number of amides is 1. The summed E-state index contributed by atoms with van der Waals surface area (Å²) in [5.41, 5.74) is -0.221. The molecule has 0 heterocycles. The highest BCUT2D eigenvalue weighted by Crippen LogP contribution is 2.15. The number of benzene rings is 1. The van der Waals surface area contributed by atoms with Crippen molar-refractivity contribution in [3.63, 3.8) is 0 Å². The van der Waals surface area contributed by atoms with Crippen molar-refractivity contribution in [2.24, 2.45) is 0 Å². The fraction of sp³-hybridized carbons (Fsp3) is 0.385.